The first-order valence-corrected chi connectivity index (χ1v) is 11.7. The van der Waals surface area contributed by atoms with Crippen LogP contribution in [-0.4, -0.2) is 84.1 Å². The summed E-state index contributed by atoms with van der Waals surface area (Å²) in [5.41, 5.74) is 1.27. The zero-order valence-electron chi connectivity index (χ0n) is 18.7. The number of carbonyl (C=O) groups excluding carboxylic acids is 1. The van der Waals surface area contributed by atoms with E-state index in [0.717, 1.165) is 32.5 Å². The third kappa shape index (κ3) is 6.41. The van der Waals surface area contributed by atoms with E-state index in [2.05, 4.69) is 5.32 Å². The standard InChI is InChI=1S/C21H35N3O5S/c1-16-12-19(28-5)13-17(2)21(16)30(26,27)24(4)10-11-29-15-20(25)23(3)14-18-6-8-22-9-7-18/h12-13,18,22H,6-11,14-15H2,1-5H3. The zero-order valence-corrected chi connectivity index (χ0v) is 19.5. The number of sulfonamides is 1. The molecule has 1 aromatic rings. The monoisotopic (exact) mass is 441 g/mol. The van der Waals surface area contributed by atoms with Gasteiger partial charge in [-0.1, -0.05) is 0 Å². The van der Waals surface area contributed by atoms with Crippen molar-refractivity contribution in [2.75, 3.05) is 60.6 Å². The highest BCUT2D eigenvalue weighted by Gasteiger charge is 2.25. The Morgan fingerprint density at radius 1 is 1.17 bits per heavy atom. The Hall–Kier alpha value is -1.68. The number of nitrogens with one attached hydrogen (secondary N) is 1. The van der Waals surface area contributed by atoms with Crippen LogP contribution < -0.4 is 10.1 Å². The molecular formula is C21H35N3O5S. The molecule has 0 saturated carbocycles. The maximum absolute atomic E-state index is 13.0. The number of hydrogen-bond acceptors (Lipinski definition) is 6. The van der Waals surface area contributed by atoms with E-state index in [0.29, 0.717) is 22.8 Å². The Morgan fingerprint density at radius 3 is 2.33 bits per heavy atom. The molecule has 0 bridgehead atoms. The van der Waals surface area contributed by atoms with Crippen molar-refractivity contribution in [3.05, 3.63) is 23.3 Å². The molecule has 1 fully saturated rings. The fourth-order valence-electron chi connectivity index (χ4n) is 3.73. The van der Waals surface area contributed by atoms with Gasteiger partial charge in [-0.05, 0) is 69.0 Å². The van der Waals surface area contributed by atoms with E-state index < -0.39 is 10.0 Å². The van der Waals surface area contributed by atoms with E-state index in [9.17, 15) is 13.2 Å². The largest absolute Gasteiger partial charge is 0.497 e. The van der Waals surface area contributed by atoms with Crippen LogP contribution in [0.5, 0.6) is 5.75 Å². The average molecular weight is 442 g/mol. The van der Waals surface area contributed by atoms with Crippen LogP contribution >= 0.6 is 0 Å². The number of likely N-dealkylation sites (N-methyl/N-ethyl adjacent to an activating group) is 2. The summed E-state index contributed by atoms with van der Waals surface area (Å²) in [6.45, 7) is 6.50. The molecule has 0 radical (unpaired) electrons. The molecule has 0 unspecified atom stereocenters. The van der Waals surface area contributed by atoms with E-state index in [-0.39, 0.29) is 30.6 Å². The number of methoxy groups -OCH3 is 1. The minimum absolute atomic E-state index is 0.0457. The molecule has 1 N–H and O–H groups in total. The summed E-state index contributed by atoms with van der Waals surface area (Å²) in [5, 5.41) is 3.32. The molecule has 1 aliphatic heterocycles. The van der Waals surface area contributed by atoms with Crippen molar-refractivity contribution in [1.29, 1.82) is 0 Å². The maximum atomic E-state index is 13.0. The lowest BCUT2D eigenvalue weighted by Crippen LogP contribution is -2.39. The Balaban J connectivity index is 1.83. The molecule has 9 heteroatoms. The minimum atomic E-state index is -3.67. The van der Waals surface area contributed by atoms with E-state index >= 15 is 0 Å². The summed E-state index contributed by atoms with van der Waals surface area (Å²) in [4.78, 5) is 14.3. The first-order valence-electron chi connectivity index (χ1n) is 10.3. The van der Waals surface area contributed by atoms with Gasteiger partial charge in [0.25, 0.3) is 0 Å². The Morgan fingerprint density at radius 2 is 1.77 bits per heavy atom. The van der Waals surface area contributed by atoms with Crippen LogP contribution in [0.1, 0.15) is 24.0 Å². The Kier molecular flexibility index (Phi) is 9.09. The van der Waals surface area contributed by atoms with Gasteiger partial charge in [-0.15, -0.1) is 0 Å². The smallest absolute Gasteiger partial charge is 0.248 e. The number of piperidine rings is 1. The molecule has 30 heavy (non-hydrogen) atoms. The molecule has 1 saturated heterocycles. The highest BCUT2D eigenvalue weighted by atomic mass is 32.2. The van der Waals surface area contributed by atoms with Crippen molar-refractivity contribution in [3.8, 4) is 5.75 Å². The Bertz CT molecular complexity index is 799. The number of amides is 1. The van der Waals surface area contributed by atoms with E-state index in [4.69, 9.17) is 9.47 Å². The maximum Gasteiger partial charge on any atom is 0.248 e. The number of rotatable bonds is 10. The summed E-state index contributed by atoms with van der Waals surface area (Å²) in [6.07, 6.45) is 2.15. The summed E-state index contributed by atoms with van der Waals surface area (Å²) in [6, 6.07) is 3.42. The van der Waals surface area contributed by atoms with Crippen LogP contribution in [0.15, 0.2) is 17.0 Å². The summed E-state index contributed by atoms with van der Waals surface area (Å²) >= 11 is 0. The first kappa shape index (κ1) is 24.6. The van der Waals surface area contributed by atoms with Gasteiger partial charge in [-0.25, -0.2) is 8.42 Å². The summed E-state index contributed by atoms with van der Waals surface area (Å²) in [7, 11) is 1.20. The third-order valence-electron chi connectivity index (χ3n) is 5.53. The SMILES string of the molecule is COc1cc(C)c(S(=O)(=O)N(C)CCOCC(=O)N(C)CC2CCNCC2)c(C)c1. The van der Waals surface area contributed by atoms with Gasteiger partial charge in [-0.2, -0.15) is 4.31 Å². The molecule has 1 heterocycles. The lowest BCUT2D eigenvalue weighted by molar-refractivity contribution is -0.135. The van der Waals surface area contributed by atoms with Crippen molar-refractivity contribution in [2.24, 2.45) is 5.92 Å². The molecule has 1 aromatic carbocycles. The molecule has 2 rings (SSSR count). The number of hydrogen-bond donors (Lipinski definition) is 1. The number of ether oxygens (including phenoxy) is 2. The average Bonchev–Trinajstić information content (AvgIpc) is 2.70. The second-order valence-corrected chi connectivity index (χ2v) is 9.92. The number of nitrogens with zero attached hydrogens (tertiary/aromatic N) is 2. The van der Waals surface area contributed by atoms with Crippen molar-refractivity contribution >= 4 is 15.9 Å². The van der Waals surface area contributed by atoms with Gasteiger partial charge in [0.15, 0.2) is 0 Å². The summed E-state index contributed by atoms with van der Waals surface area (Å²) in [5.74, 6) is 1.07. The van der Waals surface area contributed by atoms with Crippen LogP contribution in [0.25, 0.3) is 0 Å². The lowest BCUT2D eigenvalue weighted by atomic mass is 9.98. The molecule has 170 valence electrons. The predicted molar refractivity (Wildman–Crippen MR) is 116 cm³/mol. The van der Waals surface area contributed by atoms with Gasteiger partial charge in [-0.3, -0.25) is 4.79 Å². The highest BCUT2D eigenvalue weighted by Crippen LogP contribution is 2.27. The molecule has 0 atom stereocenters. The molecule has 1 aliphatic rings. The van der Waals surface area contributed by atoms with Gasteiger partial charge in [0.1, 0.15) is 12.4 Å². The van der Waals surface area contributed by atoms with Crippen molar-refractivity contribution in [2.45, 2.75) is 31.6 Å². The van der Waals surface area contributed by atoms with E-state index in [1.807, 2.05) is 0 Å². The van der Waals surface area contributed by atoms with Gasteiger partial charge in [0.05, 0.1) is 18.6 Å². The highest BCUT2D eigenvalue weighted by molar-refractivity contribution is 7.89. The van der Waals surface area contributed by atoms with Crippen molar-refractivity contribution in [1.82, 2.24) is 14.5 Å². The summed E-state index contributed by atoms with van der Waals surface area (Å²) < 4.78 is 37.9. The van der Waals surface area contributed by atoms with Crippen LogP contribution in [0.4, 0.5) is 0 Å². The van der Waals surface area contributed by atoms with Gasteiger partial charge in [0, 0.05) is 27.2 Å². The first-order chi connectivity index (χ1) is 14.2. The van der Waals surface area contributed by atoms with Crippen LogP contribution in [0.3, 0.4) is 0 Å². The molecule has 1 amide bonds. The van der Waals surface area contributed by atoms with Gasteiger partial charge in [0.2, 0.25) is 15.9 Å². The fourth-order valence-corrected chi connectivity index (χ4v) is 5.29. The van der Waals surface area contributed by atoms with E-state index in [1.165, 1.54) is 11.4 Å². The zero-order chi connectivity index (χ0) is 22.3. The van der Waals surface area contributed by atoms with Crippen molar-refractivity contribution in [3.63, 3.8) is 0 Å². The molecule has 0 spiro atoms. The molecule has 8 nitrogen and oxygen atoms in total. The number of aryl methyl sites for hydroxylation is 2. The fraction of sp³-hybridized carbons (Fsp3) is 0.667. The Labute approximate surface area is 180 Å². The van der Waals surface area contributed by atoms with Crippen LogP contribution in [0.2, 0.25) is 0 Å². The topological polar surface area (TPSA) is 88.2 Å². The second-order valence-electron chi connectivity index (χ2n) is 7.94. The molecule has 0 aliphatic carbocycles. The normalized spacial score (nSPS) is 15.4. The predicted octanol–water partition coefficient (Wildman–Crippen LogP) is 1.41. The molecule has 0 aromatic heterocycles. The minimum Gasteiger partial charge on any atom is -0.497 e. The third-order valence-corrected chi connectivity index (χ3v) is 7.69. The van der Waals surface area contributed by atoms with Crippen molar-refractivity contribution < 1.29 is 22.7 Å². The van der Waals surface area contributed by atoms with Crippen LogP contribution in [-0.2, 0) is 19.6 Å². The van der Waals surface area contributed by atoms with E-state index in [1.54, 1.807) is 45.0 Å². The molecular weight excluding hydrogens is 406 g/mol. The van der Waals surface area contributed by atoms with Crippen LogP contribution in [0, 0.1) is 19.8 Å². The number of carbonyl (C=O) groups is 1. The van der Waals surface area contributed by atoms with Gasteiger partial charge >= 0.3 is 0 Å². The van der Waals surface area contributed by atoms with Gasteiger partial charge < -0.3 is 19.7 Å². The number of benzene rings is 1. The second kappa shape index (κ2) is 11.1. The quantitative estimate of drug-likeness (QED) is 0.553. The lowest BCUT2D eigenvalue weighted by Gasteiger charge is -2.27.